The standard InChI is InChI=1S/C21H42O2Si2/c1-13-17-14-18(22-24(9,10)20(3,4)5)15-19(16(17)2)23-25(11,12)21(6,7)8/h13,18-19H,2,14-15H2,1,3-12H3/t18-,19-/m1/s1. The molecule has 0 heterocycles. The van der Waals surface area contributed by atoms with E-state index in [0.29, 0.717) is 0 Å². The van der Waals surface area contributed by atoms with E-state index in [4.69, 9.17) is 8.85 Å². The average Bonchev–Trinajstić information content (AvgIpc) is 2.38. The second-order valence-electron chi connectivity index (χ2n) is 10.6. The van der Waals surface area contributed by atoms with Gasteiger partial charge in [0.2, 0.25) is 0 Å². The molecule has 146 valence electrons. The highest BCUT2D eigenvalue weighted by Gasteiger charge is 2.44. The van der Waals surface area contributed by atoms with Gasteiger partial charge in [0.25, 0.3) is 0 Å². The molecule has 0 saturated heterocycles. The van der Waals surface area contributed by atoms with E-state index < -0.39 is 16.6 Å². The topological polar surface area (TPSA) is 18.5 Å². The normalized spacial score (nSPS) is 25.6. The van der Waals surface area contributed by atoms with Crippen LogP contribution < -0.4 is 0 Å². The Labute approximate surface area is 159 Å². The Kier molecular flexibility index (Phi) is 6.82. The summed E-state index contributed by atoms with van der Waals surface area (Å²) in [5, 5.41) is 0.434. The largest absolute Gasteiger partial charge is 0.413 e. The van der Waals surface area contributed by atoms with Crippen LogP contribution >= 0.6 is 0 Å². The highest BCUT2D eigenvalue weighted by Crippen LogP contribution is 2.43. The molecular weight excluding hydrogens is 340 g/mol. The highest BCUT2D eigenvalue weighted by atomic mass is 28.4. The summed E-state index contributed by atoms with van der Waals surface area (Å²) in [6.45, 7) is 29.6. The third kappa shape index (κ3) is 5.41. The van der Waals surface area contributed by atoms with Crippen LogP contribution in [0.5, 0.6) is 0 Å². The lowest BCUT2D eigenvalue weighted by Gasteiger charge is -2.45. The highest BCUT2D eigenvalue weighted by molar-refractivity contribution is 6.74. The van der Waals surface area contributed by atoms with Gasteiger partial charge in [0, 0.05) is 6.42 Å². The number of hydrogen-bond acceptors (Lipinski definition) is 2. The maximum absolute atomic E-state index is 6.75. The van der Waals surface area contributed by atoms with Gasteiger partial charge in [-0.25, -0.2) is 0 Å². The Morgan fingerprint density at radius 1 is 0.920 bits per heavy atom. The Balaban J connectivity index is 3.02. The van der Waals surface area contributed by atoms with Crippen molar-refractivity contribution in [1.29, 1.82) is 0 Å². The Morgan fingerprint density at radius 2 is 1.36 bits per heavy atom. The summed E-state index contributed by atoms with van der Waals surface area (Å²) >= 11 is 0. The van der Waals surface area contributed by atoms with Crippen molar-refractivity contribution in [2.24, 2.45) is 0 Å². The summed E-state index contributed by atoms with van der Waals surface area (Å²) in [5.74, 6) is 0. The first-order valence-corrected chi connectivity index (χ1v) is 15.5. The van der Waals surface area contributed by atoms with Gasteiger partial charge in [-0.15, -0.1) is 0 Å². The molecular formula is C21H42O2Si2. The first-order valence-electron chi connectivity index (χ1n) is 9.72. The second-order valence-corrected chi connectivity index (χ2v) is 20.2. The Morgan fingerprint density at radius 3 is 1.76 bits per heavy atom. The van der Waals surface area contributed by atoms with Crippen molar-refractivity contribution in [2.45, 2.75) is 110 Å². The Bertz CT molecular complexity index is 519. The van der Waals surface area contributed by atoms with Crippen LogP contribution in [0.4, 0.5) is 0 Å². The van der Waals surface area contributed by atoms with E-state index in [1.54, 1.807) is 0 Å². The second kappa shape index (κ2) is 7.45. The van der Waals surface area contributed by atoms with Gasteiger partial charge in [-0.1, -0.05) is 54.2 Å². The molecule has 2 nitrogen and oxygen atoms in total. The lowest BCUT2D eigenvalue weighted by molar-refractivity contribution is 0.0969. The number of hydrogen-bond donors (Lipinski definition) is 0. The lowest BCUT2D eigenvalue weighted by atomic mass is 9.86. The van der Waals surface area contributed by atoms with Gasteiger partial charge in [0.15, 0.2) is 16.6 Å². The van der Waals surface area contributed by atoms with Crippen molar-refractivity contribution < 1.29 is 8.85 Å². The molecule has 0 aromatic rings. The molecule has 0 aliphatic heterocycles. The maximum atomic E-state index is 6.75. The van der Waals surface area contributed by atoms with Crippen LogP contribution in [-0.2, 0) is 8.85 Å². The zero-order valence-electron chi connectivity index (χ0n) is 18.7. The predicted octanol–water partition coefficient (Wildman–Crippen LogP) is 7.06. The molecule has 25 heavy (non-hydrogen) atoms. The van der Waals surface area contributed by atoms with Gasteiger partial charge >= 0.3 is 0 Å². The molecule has 0 bridgehead atoms. The molecule has 1 rings (SSSR count). The maximum Gasteiger partial charge on any atom is 0.192 e. The molecule has 1 fully saturated rings. The van der Waals surface area contributed by atoms with Gasteiger partial charge in [0.1, 0.15) is 0 Å². The summed E-state index contributed by atoms with van der Waals surface area (Å²) in [4.78, 5) is 0. The Hall–Kier alpha value is -0.166. The molecule has 0 aromatic carbocycles. The van der Waals surface area contributed by atoms with Crippen LogP contribution in [0.15, 0.2) is 23.8 Å². The van der Waals surface area contributed by atoms with Crippen LogP contribution in [-0.4, -0.2) is 28.8 Å². The first kappa shape index (κ1) is 22.9. The van der Waals surface area contributed by atoms with E-state index >= 15 is 0 Å². The van der Waals surface area contributed by atoms with E-state index in [9.17, 15) is 0 Å². The fourth-order valence-corrected chi connectivity index (χ4v) is 5.36. The molecule has 4 heteroatoms. The molecule has 1 aliphatic carbocycles. The van der Waals surface area contributed by atoms with Crippen molar-refractivity contribution in [3.63, 3.8) is 0 Å². The van der Waals surface area contributed by atoms with Gasteiger partial charge in [-0.05, 0) is 60.8 Å². The van der Waals surface area contributed by atoms with E-state index in [-0.39, 0.29) is 22.3 Å². The molecule has 0 amide bonds. The smallest absolute Gasteiger partial charge is 0.192 e. The van der Waals surface area contributed by atoms with Crippen molar-refractivity contribution in [1.82, 2.24) is 0 Å². The molecule has 1 aliphatic rings. The van der Waals surface area contributed by atoms with Crippen molar-refractivity contribution in [3.05, 3.63) is 23.8 Å². The van der Waals surface area contributed by atoms with Crippen LogP contribution in [0.3, 0.4) is 0 Å². The zero-order chi connectivity index (χ0) is 19.8. The minimum atomic E-state index is -1.83. The summed E-state index contributed by atoms with van der Waals surface area (Å²) in [6, 6.07) is 0. The van der Waals surface area contributed by atoms with Crippen LogP contribution in [0.2, 0.25) is 36.3 Å². The van der Waals surface area contributed by atoms with Gasteiger partial charge in [-0.2, -0.15) is 0 Å². The quantitative estimate of drug-likeness (QED) is 0.484. The third-order valence-electron chi connectivity index (χ3n) is 6.58. The van der Waals surface area contributed by atoms with Crippen molar-refractivity contribution in [2.75, 3.05) is 0 Å². The minimum Gasteiger partial charge on any atom is -0.413 e. The summed E-state index contributed by atoms with van der Waals surface area (Å²) in [6.07, 6.45) is 4.45. The fourth-order valence-electron chi connectivity index (χ4n) is 2.69. The van der Waals surface area contributed by atoms with E-state index in [1.165, 1.54) is 11.1 Å². The summed E-state index contributed by atoms with van der Waals surface area (Å²) in [7, 11) is -3.62. The molecule has 1 saturated carbocycles. The SMILES string of the molecule is C=C1C(=CC)C[C@@H](O[Si](C)(C)C(C)(C)C)C[C@H]1O[Si](C)(C)C(C)(C)C. The molecule has 0 spiro atoms. The third-order valence-corrected chi connectivity index (χ3v) is 15.6. The van der Waals surface area contributed by atoms with Crippen molar-refractivity contribution in [3.8, 4) is 0 Å². The fraction of sp³-hybridized carbons (Fsp3) is 0.810. The van der Waals surface area contributed by atoms with E-state index in [0.717, 1.165) is 12.8 Å². The number of allylic oxidation sites excluding steroid dienone is 1. The van der Waals surface area contributed by atoms with Gasteiger partial charge in [0.05, 0.1) is 12.2 Å². The summed E-state index contributed by atoms with van der Waals surface area (Å²) in [5.41, 5.74) is 2.49. The van der Waals surface area contributed by atoms with Crippen LogP contribution in [0.1, 0.15) is 61.3 Å². The monoisotopic (exact) mass is 382 g/mol. The number of rotatable bonds is 4. The molecule has 2 atom stereocenters. The predicted molar refractivity (Wildman–Crippen MR) is 116 cm³/mol. The van der Waals surface area contributed by atoms with Crippen LogP contribution in [0.25, 0.3) is 0 Å². The average molecular weight is 383 g/mol. The zero-order valence-corrected chi connectivity index (χ0v) is 20.7. The van der Waals surface area contributed by atoms with Crippen LogP contribution in [0, 0.1) is 0 Å². The molecule has 0 unspecified atom stereocenters. The first-order chi connectivity index (χ1) is 11.0. The van der Waals surface area contributed by atoms with Crippen molar-refractivity contribution >= 4 is 16.6 Å². The minimum absolute atomic E-state index is 0.0932. The summed E-state index contributed by atoms with van der Waals surface area (Å²) < 4.78 is 13.5. The van der Waals surface area contributed by atoms with E-state index in [1.807, 2.05) is 0 Å². The lowest BCUT2D eigenvalue weighted by Crippen LogP contribution is -2.49. The van der Waals surface area contributed by atoms with Gasteiger partial charge < -0.3 is 8.85 Å². The van der Waals surface area contributed by atoms with Gasteiger partial charge in [-0.3, -0.25) is 0 Å². The molecule has 0 N–H and O–H groups in total. The molecule has 0 aromatic heterocycles. The van der Waals surface area contributed by atoms with E-state index in [2.05, 4.69) is 87.3 Å². The molecule has 0 radical (unpaired) electrons.